The van der Waals surface area contributed by atoms with Crippen molar-refractivity contribution < 1.29 is 19.4 Å². The van der Waals surface area contributed by atoms with E-state index in [0.29, 0.717) is 0 Å². The number of aliphatic carboxylic acids is 1. The predicted octanol–water partition coefficient (Wildman–Crippen LogP) is 0.608. The SMILES string of the molecule is C=C(COCC(=O)CBr)C(=O)O. The molecule has 0 saturated carbocycles. The third-order valence-electron chi connectivity index (χ3n) is 0.991. The van der Waals surface area contributed by atoms with Crippen molar-refractivity contribution in [3.63, 3.8) is 0 Å². The highest BCUT2D eigenvalue weighted by atomic mass is 79.9. The number of hydrogen-bond donors (Lipinski definition) is 1. The standard InChI is InChI=1S/C7H9BrO4/c1-5(7(10)11)3-12-4-6(9)2-8/h1-4H2,(H,10,11). The molecule has 0 fully saturated rings. The molecule has 12 heavy (non-hydrogen) atoms. The third-order valence-corrected chi connectivity index (χ3v) is 1.62. The summed E-state index contributed by atoms with van der Waals surface area (Å²) in [6.07, 6.45) is 0. The van der Waals surface area contributed by atoms with E-state index in [9.17, 15) is 9.59 Å². The van der Waals surface area contributed by atoms with Crippen LogP contribution in [-0.4, -0.2) is 35.4 Å². The summed E-state index contributed by atoms with van der Waals surface area (Å²) in [5.41, 5.74) is -0.0580. The summed E-state index contributed by atoms with van der Waals surface area (Å²) < 4.78 is 4.75. The van der Waals surface area contributed by atoms with Gasteiger partial charge in [-0.25, -0.2) is 4.79 Å². The molecule has 0 aromatic heterocycles. The summed E-state index contributed by atoms with van der Waals surface area (Å²) in [5.74, 6) is -1.24. The minimum absolute atomic E-state index is 0.0580. The molecule has 0 aromatic carbocycles. The number of ketones is 1. The van der Waals surface area contributed by atoms with E-state index in [1.807, 2.05) is 0 Å². The van der Waals surface area contributed by atoms with Crippen molar-refractivity contribution in [1.29, 1.82) is 0 Å². The lowest BCUT2D eigenvalue weighted by Crippen LogP contribution is -2.13. The van der Waals surface area contributed by atoms with Gasteiger partial charge in [-0.3, -0.25) is 4.79 Å². The largest absolute Gasteiger partial charge is 0.478 e. The van der Waals surface area contributed by atoms with E-state index >= 15 is 0 Å². The normalized spacial score (nSPS) is 9.42. The maximum atomic E-state index is 10.6. The summed E-state index contributed by atoms with van der Waals surface area (Å²) in [5, 5.41) is 8.55. The van der Waals surface area contributed by atoms with Gasteiger partial charge in [0.05, 0.1) is 17.5 Å². The second-order valence-electron chi connectivity index (χ2n) is 2.07. The molecule has 0 amide bonds. The van der Waals surface area contributed by atoms with Gasteiger partial charge in [-0.05, 0) is 0 Å². The molecule has 0 rings (SSSR count). The highest BCUT2D eigenvalue weighted by molar-refractivity contribution is 9.09. The lowest BCUT2D eigenvalue weighted by molar-refractivity contribution is -0.134. The molecular weight excluding hydrogens is 228 g/mol. The quantitative estimate of drug-likeness (QED) is 0.543. The van der Waals surface area contributed by atoms with E-state index in [0.717, 1.165) is 0 Å². The van der Waals surface area contributed by atoms with Gasteiger partial charge in [0.2, 0.25) is 0 Å². The molecule has 0 radical (unpaired) electrons. The topological polar surface area (TPSA) is 63.6 Å². The lowest BCUT2D eigenvalue weighted by Gasteiger charge is -2.00. The van der Waals surface area contributed by atoms with Crippen LogP contribution in [0.15, 0.2) is 12.2 Å². The molecule has 1 N–H and O–H groups in total. The van der Waals surface area contributed by atoms with Crippen molar-refractivity contribution >= 4 is 27.7 Å². The van der Waals surface area contributed by atoms with Crippen LogP contribution in [-0.2, 0) is 14.3 Å². The fourth-order valence-corrected chi connectivity index (χ4v) is 0.550. The first-order valence-electron chi connectivity index (χ1n) is 3.14. The molecule has 0 aromatic rings. The Hall–Kier alpha value is -0.680. The number of Topliss-reactive ketones (excluding diaryl/α,β-unsaturated/α-hetero) is 1. The van der Waals surface area contributed by atoms with Crippen molar-refractivity contribution in [3.8, 4) is 0 Å². The average molecular weight is 237 g/mol. The van der Waals surface area contributed by atoms with Gasteiger partial charge in [0.25, 0.3) is 0 Å². The van der Waals surface area contributed by atoms with E-state index in [4.69, 9.17) is 9.84 Å². The molecule has 0 heterocycles. The van der Waals surface area contributed by atoms with Gasteiger partial charge in [-0.1, -0.05) is 22.5 Å². The van der Waals surface area contributed by atoms with Gasteiger partial charge in [-0.2, -0.15) is 0 Å². The van der Waals surface area contributed by atoms with Gasteiger partial charge in [0, 0.05) is 0 Å². The number of rotatable bonds is 6. The van der Waals surface area contributed by atoms with Crippen molar-refractivity contribution in [3.05, 3.63) is 12.2 Å². The van der Waals surface area contributed by atoms with E-state index in [-0.39, 0.29) is 29.9 Å². The maximum absolute atomic E-state index is 10.6. The number of alkyl halides is 1. The fourth-order valence-electron chi connectivity index (χ4n) is 0.388. The number of halogens is 1. The first kappa shape index (κ1) is 11.3. The Balaban J connectivity index is 3.50. The highest BCUT2D eigenvalue weighted by Gasteiger charge is 2.05. The minimum Gasteiger partial charge on any atom is -0.478 e. The second-order valence-corrected chi connectivity index (χ2v) is 2.63. The van der Waals surface area contributed by atoms with Crippen LogP contribution in [0.4, 0.5) is 0 Å². The van der Waals surface area contributed by atoms with Crippen LogP contribution in [0.1, 0.15) is 0 Å². The number of carbonyl (C=O) groups is 2. The number of hydrogen-bond acceptors (Lipinski definition) is 3. The molecule has 0 bridgehead atoms. The van der Waals surface area contributed by atoms with Gasteiger partial charge >= 0.3 is 5.97 Å². The van der Waals surface area contributed by atoms with E-state index in [2.05, 4.69) is 22.5 Å². The first-order chi connectivity index (χ1) is 5.57. The van der Waals surface area contributed by atoms with E-state index in [1.165, 1.54) is 0 Å². The molecule has 0 aliphatic carbocycles. The van der Waals surface area contributed by atoms with E-state index in [1.54, 1.807) is 0 Å². The predicted molar refractivity (Wildman–Crippen MR) is 46.4 cm³/mol. The smallest absolute Gasteiger partial charge is 0.333 e. The molecular formula is C7H9BrO4. The molecule has 0 atom stereocenters. The molecule has 0 saturated heterocycles. The van der Waals surface area contributed by atoms with Crippen LogP contribution < -0.4 is 0 Å². The Morgan fingerprint density at radius 2 is 2.00 bits per heavy atom. The lowest BCUT2D eigenvalue weighted by atomic mass is 10.3. The van der Waals surface area contributed by atoms with Crippen molar-refractivity contribution in [2.24, 2.45) is 0 Å². The zero-order chi connectivity index (χ0) is 9.56. The van der Waals surface area contributed by atoms with Crippen LogP contribution in [0.5, 0.6) is 0 Å². The van der Waals surface area contributed by atoms with Crippen LogP contribution >= 0.6 is 15.9 Å². The zero-order valence-electron chi connectivity index (χ0n) is 6.38. The van der Waals surface area contributed by atoms with Gasteiger partial charge in [-0.15, -0.1) is 0 Å². The molecule has 68 valence electrons. The Morgan fingerprint density at radius 1 is 1.42 bits per heavy atom. The van der Waals surface area contributed by atoms with Crippen molar-refractivity contribution in [2.45, 2.75) is 0 Å². The van der Waals surface area contributed by atoms with Crippen LogP contribution in [0.3, 0.4) is 0 Å². The summed E-state index contributed by atoms with van der Waals surface area (Å²) in [7, 11) is 0. The van der Waals surface area contributed by atoms with Gasteiger partial charge in [0.1, 0.15) is 6.61 Å². The Kier molecular flexibility index (Phi) is 5.57. The molecule has 0 spiro atoms. The Bertz CT molecular complexity index is 200. The zero-order valence-corrected chi connectivity index (χ0v) is 7.96. The molecule has 0 unspecified atom stereocenters. The minimum atomic E-state index is -1.11. The fraction of sp³-hybridized carbons (Fsp3) is 0.429. The number of carboxylic acid groups (broad SMARTS) is 1. The maximum Gasteiger partial charge on any atom is 0.333 e. The Labute approximate surface area is 78.3 Å². The molecule has 4 nitrogen and oxygen atoms in total. The number of carboxylic acids is 1. The van der Waals surface area contributed by atoms with Crippen LogP contribution in [0, 0.1) is 0 Å². The summed E-state index contributed by atoms with van der Waals surface area (Å²) in [6, 6.07) is 0. The van der Waals surface area contributed by atoms with Crippen LogP contribution in [0.25, 0.3) is 0 Å². The number of carbonyl (C=O) groups excluding carboxylic acids is 1. The summed E-state index contributed by atoms with van der Waals surface area (Å²) >= 11 is 2.94. The molecule has 0 aliphatic rings. The monoisotopic (exact) mass is 236 g/mol. The third kappa shape index (κ3) is 5.03. The Morgan fingerprint density at radius 3 is 2.42 bits per heavy atom. The van der Waals surface area contributed by atoms with Crippen molar-refractivity contribution in [1.82, 2.24) is 0 Å². The first-order valence-corrected chi connectivity index (χ1v) is 4.26. The highest BCUT2D eigenvalue weighted by Crippen LogP contribution is 1.92. The molecule has 0 aliphatic heterocycles. The second kappa shape index (κ2) is 5.91. The molecule has 5 heteroatoms. The summed E-state index contributed by atoms with van der Waals surface area (Å²) in [4.78, 5) is 20.8. The average Bonchev–Trinajstić information content (AvgIpc) is 2.03. The van der Waals surface area contributed by atoms with E-state index < -0.39 is 5.97 Å². The number of ether oxygens (including phenoxy) is 1. The van der Waals surface area contributed by atoms with Crippen LogP contribution in [0.2, 0.25) is 0 Å². The van der Waals surface area contributed by atoms with Crippen molar-refractivity contribution in [2.75, 3.05) is 18.5 Å². The summed E-state index contributed by atoms with van der Waals surface area (Å²) in [6.45, 7) is 3.03. The van der Waals surface area contributed by atoms with Gasteiger partial charge < -0.3 is 9.84 Å². The van der Waals surface area contributed by atoms with Gasteiger partial charge in [0.15, 0.2) is 5.78 Å².